The second-order valence-electron chi connectivity index (χ2n) is 4.51. The van der Waals surface area contributed by atoms with E-state index in [1.165, 1.54) is 43.4 Å². The van der Waals surface area contributed by atoms with Gasteiger partial charge in [-0.2, -0.15) is 0 Å². The normalized spacial score (nSPS) is 12.7. The van der Waals surface area contributed by atoms with Gasteiger partial charge in [0, 0.05) is 11.9 Å². The Bertz CT molecular complexity index is 280. The molecular weight excluding hydrogens is 182 g/mol. The van der Waals surface area contributed by atoms with Crippen molar-refractivity contribution in [3.63, 3.8) is 0 Å². The molecule has 1 aromatic rings. The number of aromatic nitrogens is 1. The third-order valence-electron chi connectivity index (χ3n) is 2.93. The predicted octanol–water partition coefficient (Wildman–Crippen LogP) is 4.46. The quantitative estimate of drug-likeness (QED) is 0.625. The van der Waals surface area contributed by atoms with Gasteiger partial charge in [-0.05, 0) is 37.0 Å². The fourth-order valence-corrected chi connectivity index (χ4v) is 1.85. The first-order valence-corrected chi connectivity index (χ1v) is 6.16. The highest BCUT2D eigenvalue weighted by Gasteiger charge is 2.06. The molecule has 0 fully saturated rings. The van der Waals surface area contributed by atoms with Gasteiger partial charge in [0.2, 0.25) is 0 Å². The SMILES string of the molecule is CCCCCCC(C)c1cc(C)ccn1. The van der Waals surface area contributed by atoms with Crippen LogP contribution in [0, 0.1) is 6.92 Å². The molecule has 0 N–H and O–H groups in total. The zero-order valence-electron chi connectivity index (χ0n) is 10.3. The molecule has 84 valence electrons. The van der Waals surface area contributed by atoms with E-state index in [4.69, 9.17) is 0 Å². The minimum absolute atomic E-state index is 0.613. The van der Waals surface area contributed by atoms with Gasteiger partial charge in [-0.15, -0.1) is 0 Å². The molecule has 1 heteroatoms. The number of hydrogen-bond acceptors (Lipinski definition) is 1. The van der Waals surface area contributed by atoms with Gasteiger partial charge < -0.3 is 0 Å². The lowest BCUT2D eigenvalue weighted by molar-refractivity contribution is 0.572. The lowest BCUT2D eigenvalue weighted by Crippen LogP contribution is -1.97. The van der Waals surface area contributed by atoms with Gasteiger partial charge in [0.05, 0.1) is 0 Å². The first kappa shape index (κ1) is 12.2. The maximum atomic E-state index is 4.44. The van der Waals surface area contributed by atoms with Crippen LogP contribution >= 0.6 is 0 Å². The molecule has 0 aliphatic heterocycles. The summed E-state index contributed by atoms with van der Waals surface area (Å²) in [4.78, 5) is 4.44. The molecule has 0 saturated carbocycles. The van der Waals surface area contributed by atoms with Crippen molar-refractivity contribution in [1.82, 2.24) is 4.98 Å². The van der Waals surface area contributed by atoms with Crippen molar-refractivity contribution in [3.8, 4) is 0 Å². The van der Waals surface area contributed by atoms with Gasteiger partial charge >= 0.3 is 0 Å². The van der Waals surface area contributed by atoms with E-state index in [9.17, 15) is 0 Å². The lowest BCUT2D eigenvalue weighted by atomic mass is 9.98. The van der Waals surface area contributed by atoms with Crippen molar-refractivity contribution in [3.05, 3.63) is 29.6 Å². The summed E-state index contributed by atoms with van der Waals surface area (Å²) in [5.74, 6) is 0.613. The molecule has 1 nitrogen and oxygen atoms in total. The van der Waals surface area contributed by atoms with Gasteiger partial charge in [0.1, 0.15) is 0 Å². The maximum Gasteiger partial charge on any atom is 0.0434 e. The number of pyridine rings is 1. The summed E-state index contributed by atoms with van der Waals surface area (Å²) in [7, 11) is 0. The number of aryl methyl sites for hydroxylation is 1. The third kappa shape index (κ3) is 4.46. The standard InChI is InChI=1S/C14H23N/c1-4-5-6-7-8-13(3)14-11-12(2)9-10-15-14/h9-11,13H,4-8H2,1-3H3. The molecule has 0 bridgehead atoms. The van der Waals surface area contributed by atoms with Crippen LogP contribution in [-0.4, -0.2) is 4.98 Å². The molecule has 1 aromatic heterocycles. The lowest BCUT2D eigenvalue weighted by Gasteiger charge is -2.10. The number of unbranched alkanes of at least 4 members (excludes halogenated alkanes) is 3. The van der Waals surface area contributed by atoms with Crippen molar-refractivity contribution in [2.75, 3.05) is 0 Å². The molecule has 1 atom stereocenters. The highest BCUT2D eigenvalue weighted by atomic mass is 14.7. The second kappa shape index (κ2) is 6.60. The van der Waals surface area contributed by atoms with E-state index in [2.05, 4.69) is 37.9 Å². The molecular formula is C14H23N. The van der Waals surface area contributed by atoms with E-state index in [-0.39, 0.29) is 0 Å². The summed E-state index contributed by atoms with van der Waals surface area (Å²) in [5.41, 5.74) is 2.58. The van der Waals surface area contributed by atoms with Crippen LogP contribution in [0.25, 0.3) is 0 Å². The van der Waals surface area contributed by atoms with Crippen molar-refractivity contribution in [1.29, 1.82) is 0 Å². The summed E-state index contributed by atoms with van der Waals surface area (Å²) in [6.07, 6.45) is 8.59. The van der Waals surface area contributed by atoms with Gasteiger partial charge in [-0.1, -0.05) is 39.5 Å². The van der Waals surface area contributed by atoms with E-state index >= 15 is 0 Å². The molecule has 0 saturated heterocycles. The fraction of sp³-hybridized carbons (Fsp3) is 0.643. The zero-order valence-corrected chi connectivity index (χ0v) is 10.3. The predicted molar refractivity (Wildman–Crippen MR) is 66.1 cm³/mol. The Morgan fingerprint density at radius 2 is 2.07 bits per heavy atom. The van der Waals surface area contributed by atoms with Crippen LogP contribution in [0.5, 0.6) is 0 Å². The Balaban J connectivity index is 2.36. The van der Waals surface area contributed by atoms with E-state index in [1.54, 1.807) is 0 Å². The highest BCUT2D eigenvalue weighted by Crippen LogP contribution is 2.20. The zero-order chi connectivity index (χ0) is 11.1. The summed E-state index contributed by atoms with van der Waals surface area (Å²) in [6, 6.07) is 4.28. The van der Waals surface area contributed by atoms with Crippen LogP contribution in [0.2, 0.25) is 0 Å². The molecule has 0 aliphatic rings. The van der Waals surface area contributed by atoms with E-state index in [1.807, 2.05) is 6.20 Å². The molecule has 1 unspecified atom stereocenters. The molecule has 0 aliphatic carbocycles. The van der Waals surface area contributed by atoms with Crippen LogP contribution in [0.15, 0.2) is 18.3 Å². The van der Waals surface area contributed by atoms with Crippen molar-refractivity contribution in [2.24, 2.45) is 0 Å². The van der Waals surface area contributed by atoms with Gasteiger partial charge in [-0.3, -0.25) is 4.98 Å². The Labute approximate surface area is 93.9 Å². The smallest absolute Gasteiger partial charge is 0.0434 e. The van der Waals surface area contributed by atoms with Crippen molar-refractivity contribution >= 4 is 0 Å². The molecule has 0 spiro atoms. The molecule has 0 aromatic carbocycles. The fourth-order valence-electron chi connectivity index (χ4n) is 1.85. The van der Waals surface area contributed by atoms with Crippen LogP contribution in [0.1, 0.15) is 63.1 Å². The Morgan fingerprint density at radius 1 is 1.27 bits per heavy atom. The van der Waals surface area contributed by atoms with Crippen molar-refractivity contribution in [2.45, 2.75) is 58.8 Å². The van der Waals surface area contributed by atoms with Gasteiger partial charge in [-0.25, -0.2) is 0 Å². The molecule has 0 amide bonds. The number of hydrogen-bond donors (Lipinski definition) is 0. The molecule has 1 rings (SSSR count). The first-order chi connectivity index (χ1) is 7.24. The Kier molecular flexibility index (Phi) is 5.38. The number of nitrogens with zero attached hydrogens (tertiary/aromatic N) is 1. The van der Waals surface area contributed by atoms with E-state index in [0.717, 1.165) is 0 Å². The summed E-state index contributed by atoms with van der Waals surface area (Å²) < 4.78 is 0. The average molecular weight is 205 g/mol. The average Bonchev–Trinajstić information content (AvgIpc) is 2.24. The highest BCUT2D eigenvalue weighted by molar-refractivity contribution is 5.17. The van der Waals surface area contributed by atoms with Crippen LogP contribution < -0.4 is 0 Å². The minimum atomic E-state index is 0.613. The summed E-state index contributed by atoms with van der Waals surface area (Å²) >= 11 is 0. The van der Waals surface area contributed by atoms with E-state index in [0.29, 0.717) is 5.92 Å². The summed E-state index contributed by atoms with van der Waals surface area (Å²) in [5, 5.41) is 0. The Hall–Kier alpha value is -0.850. The monoisotopic (exact) mass is 205 g/mol. The largest absolute Gasteiger partial charge is 0.261 e. The van der Waals surface area contributed by atoms with Crippen LogP contribution in [-0.2, 0) is 0 Å². The Morgan fingerprint density at radius 3 is 2.73 bits per heavy atom. The molecule has 0 radical (unpaired) electrons. The van der Waals surface area contributed by atoms with Gasteiger partial charge in [0.15, 0.2) is 0 Å². The third-order valence-corrected chi connectivity index (χ3v) is 2.93. The van der Waals surface area contributed by atoms with Crippen LogP contribution in [0.4, 0.5) is 0 Å². The van der Waals surface area contributed by atoms with Crippen molar-refractivity contribution < 1.29 is 0 Å². The number of rotatable bonds is 6. The van der Waals surface area contributed by atoms with Crippen LogP contribution in [0.3, 0.4) is 0 Å². The summed E-state index contributed by atoms with van der Waals surface area (Å²) in [6.45, 7) is 6.67. The second-order valence-corrected chi connectivity index (χ2v) is 4.51. The minimum Gasteiger partial charge on any atom is -0.261 e. The molecule has 1 heterocycles. The van der Waals surface area contributed by atoms with Gasteiger partial charge in [0.25, 0.3) is 0 Å². The topological polar surface area (TPSA) is 12.9 Å². The molecule has 15 heavy (non-hydrogen) atoms. The van der Waals surface area contributed by atoms with E-state index < -0.39 is 0 Å². The maximum absolute atomic E-state index is 4.44. The first-order valence-electron chi connectivity index (χ1n) is 6.16.